The van der Waals surface area contributed by atoms with E-state index in [1.54, 1.807) is 30.3 Å². The first kappa shape index (κ1) is 19.9. The van der Waals surface area contributed by atoms with Crippen molar-refractivity contribution in [1.29, 1.82) is 0 Å². The largest absolute Gasteiger partial charge is 0.480 e. The van der Waals surface area contributed by atoms with Gasteiger partial charge in [0.1, 0.15) is 21.4 Å². The number of furan rings is 1. The number of hydrogen-bond donors (Lipinski definition) is 1. The number of amides is 1. The van der Waals surface area contributed by atoms with Crippen LogP contribution in [0.25, 0.3) is 17.4 Å². The Morgan fingerprint density at radius 2 is 1.96 bits per heavy atom. The predicted molar refractivity (Wildman–Crippen MR) is 111 cm³/mol. The second-order valence-corrected chi connectivity index (χ2v) is 8.70. The lowest BCUT2D eigenvalue weighted by Gasteiger charge is -2.29. The maximum absolute atomic E-state index is 12.6. The van der Waals surface area contributed by atoms with Gasteiger partial charge in [-0.3, -0.25) is 9.69 Å². The Labute approximate surface area is 174 Å². The highest BCUT2D eigenvalue weighted by molar-refractivity contribution is 8.26. The molecule has 1 aromatic heterocycles. The molecule has 27 heavy (non-hydrogen) atoms. The fraction of sp³-hybridized carbons (Fsp3) is 0.167. The average molecular weight is 442 g/mol. The van der Waals surface area contributed by atoms with Crippen molar-refractivity contribution in [2.45, 2.75) is 19.4 Å². The van der Waals surface area contributed by atoms with Crippen LogP contribution in [0.4, 0.5) is 0 Å². The van der Waals surface area contributed by atoms with Gasteiger partial charge >= 0.3 is 5.97 Å². The van der Waals surface area contributed by atoms with Crippen LogP contribution in [-0.2, 0) is 9.59 Å². The average Bonchev–Trinajstić information content (AvgIpc) is 3.15. The van der Waals surface area contributed by atoms with Crippen LogP contribution in [0.15, 0.2) is 39.7 Å². The summed E-state index contributed by atoms with van der Waals surface area (Å²) in [4.78, 5) is 25.5. The molecule has 0 saturated carbocycles. The van der Waals surface area contributed by atoms with Gasteiger partial charge in [0.2, 0.25) is 0 Å². The highest BCUT2D eigenvalue weighted by atomic mass is 35.5. The summed E-state index contributed by atoms with van der Waals surface area (Å²) in [6.07, 6.45) is 1.54. The van der Waals surface area contributed by atoms with E-state index < -0.39 is 17.4 Å². The van der Waals surface area contributed by atoms with E-state index in [1.165, 1.54) is 19.9 Å². The molecule has 1 aliphatic rings. The minimum absolute atomic E-state index is 0.190. The molecular formula is C18H13Cl2NO4S2. The topological polar surface area (TPSA) is 70.8 Å². The van der Waals surface area contributed by atoms with E-state index in [9.17, 15) is 14.7 Å². The van der Waals surface area contributed by atoms with E-state index in [-0.39, 0.29) is 4.32 Å². The number of thioether (sulfide) groups is 1. The molecule has 0 spiro atoms. The normalized spacial score (nSPS) is 16.4. The number of carboxylic acids is 1. The lowest BCUT2D eigenvalue weighted by Crippen LogP contribution is -2.52. The van der Waals surface area contributed by atoms with E-state index in [1.807, 2.05) is 0 Å². The Hall–Kier alpha value is -1.80. The molecule has 1 aliphatic heterocycles. The van der Waals surface area contributed by atoms with Crippen LogP contribution in [0.5, 0.6) is 0 Å². The molecule has 1 N–H and O–H groups in total. The Bertz CT molecular complexity index is 997. The number of thiocarbonyl (C=S) groups is 1. The summed E-state index contributed by atoms with van der Waals surface area (Å²) in [6, 6.07) is 8.56. The summed E-state index contributed by atoms with van der Waals surface area (Å²) in [5.74, 6) is -0.615. The van der Waals surface area contributed by atoms with Gasteiger partial charge in [-0.2, -0.15) is 0 Å². The van der Waals surface area contributed by atoms with Crippen molar-refractivity contribution in [3.05, 3.63) is 51.0 Å². The quantitative estimate of drug-likeness (QED) is 0.511. The minimum atomic E-state index is -1.44. The number of aliphatic carboxylic acids is 1. The van der Waals surface area contributed by atoms with E-state index >= 15 is 0 Å². The zero-order chi connectivity index (χ0) is 19.9. The number of halogens is 2. The van der Waals surface area contributed by atoms with Crippen LogP contribution in [0, 0.1) is 0 Å². The first-order chi connectivity index (χ1) is 12.6. The number of carboxylic acid groups (broad SMARTS) is 1. The van der Waals surface area contributed by atoms with Crippen LogP contribution >= 0.6 is 47.2 Å². The fourth-order valence-corrected chi connectivity index (χ4v) is 4.23. The van der Waals surface area contributed by atoms with Gasteiger partial charge in [0.15, 0.2) is 0 Å². The molecule has 9 heteroatoms. The van der Waals surface area contributed by atoms with E-state index in [4.69, 9.17) is 39.8 Å². The van der Waals surface area contributed by atoms with Crippen molar-refractivity contribution in [3.8, 4) is 11.3 Å². The second-order valence-electron chi connectivity index (χ2n) is 6.21. The van der Waals surface area contributed by atoms with Gasteiger partial charge in [0.25, 0.3) is 5.91 Å². The molecular weight excluding hydrogens is 429 g/mol. The third-order valence-corrected chi connectivity index (χ3v) is 6.02. The summed E-state index contributed by atoms with van der Waals surface area (Å²) in [5.41, 5.74) is -0.700. The maximum atomic E-state index is 12.6. The van der Waals surface area contributed by atoms with Crippen LogP contribution < -0.4 is 0 Å². The predicted octanol–water partition coefficient (Wildman–Crippen LogP) is 5.32. The third-order valence-electron chi connectivity index (χ3n) is 3.98. The van der Waals surface area contributed by atoms with Crippen molar-refractivity contribution in [1.82, 2.24) is 4.90 Å². The number of nitrogens with zero attached hydrogens (tertiary/aromatic N) is 1. The van der Waals surface area contributed by atoms with Crippen molar-refractivity contribution in [3.63, 3.8) is 0 Å². The van der Waals surface area contributed by atoms with Crippen LogP contribution in [0.1, 0.15) is 19.6 Å². The minimum Gasteiger partial charge on any atom is -0.480 e. The number of hydrogen-bond acceptors (Lipinski definition) is 5. The second kappa shape index (κ2) is 7.31. The fourth-order valence-electron chi connectivity index (χ4n) is 2.41. The SMILES string of the molecule is CC(C)(C(=O)O)N1C(=O)/C(=C\c2ccc(-c3ccc(Cl)c(Cl)c3)o2)SC1=S. The number of carbonyl (C=O) groups is 2. The highest BCUT2D eigenvalue weighted by Gasteiger charge is 2.46. The summed E-state index contributed by atoms with van der Waals surface area (Å²) in [7, 11) is 0. The van der Waals surface area contributed by atoms with E-state index in [2.05, 4.69) is 0 Å². The molecule has 1 fully saturated rings. The molecule has 2 heterocycles. The smallest absolute Gasteiger partial charge is 0.329 e. The van der Waals surface area contributed by atoms with E-state index in [0.29, 0.717) is 26.5 Å². The Morgan fingerprint density at radius 1 is 1.26 bits per heavy atom. The van der Waals surface area contributed by atoms with Crippen molar-refractivity contribution in [2.75, 3.05) is 0 Å². The zero-order valence-electron chi connectivity index (χ0n) is 14.2. The monoisotopic (exact) mass is 441 g/mol. The molecule has 0 aliphatic carbocycles. The van der Waals surface area contributed by atoms with Gasteiger partial charge in [0.05, 0.1) is 15.0 Å². The molecule has 2 aromatic rings. The molecule has 0 radical (unpaired) electrons. The maximum Gasteiger partial charge on any atom is 0.329 e. The van der Waals surface area contributed by atoms with Crippen molar-refractivity contribution in [2.24, 2.45) is 0 Å². The van der Waals surface area contributed by atoms with Gasteiger partial charge in [-0.15, -0.1) is 0 Å². The summed E-state index contributed by atoms with van der Waals surface area (Å²) in [5, 5.41) is 10.2. The zero-order valence-corrected chi connectivity index (χ0v) is 17.3. The van der Waals surface area contributed by atoms with Crippen LogP contribution in [-0.4, -0.2) is 31.7 Å². The van der Waals surface area contributed by atoms with Crippen LogP contribution in [0.2, 0.25) is 10.0 Å². The molecule has 1 amide bonds. The Kier molecular flexibility index (Phi) is 5.40. The highest BCUT2D eigenvalue weighted by Crippen LogP contribution is 2.38. The van der Waals surface area contributed by atoms with Crippen molar-refractivity contribution < 1.29 is 19.1 Å². The molecule has 140 valence electrons. The Balaban J connectivity index is 1.89. The number of carbonyl (C=O) groups excluding carboxylic acids is 1. The Morgan fingerprint density at radius 3 is 2.59 bits per heavy atom. The first-order valence-electron chi connectivity index (χ1n) is 7.68. The van der Waals surface area contributed by atoms with Gasteiger partial charge < -0.3 is 9.52 Å². The summed E-state index contributed by atoms with van der Waals surface area (Å²) < 4.78 is 5.95. The van der Waals surface area contributed by atoms with Gasteiger partial charge in [-0.1, -0.05) is 47.2 Å². The number of rotatable bonds is 4. The van der Waals surface area contributed by atoms with E-state index in [0.717, 1.165) is 22.2 Å². The molecule has 1 aromatic carbocycles. The molecule has 0 unspecified atom stereocenters. The molecule has 3 rings (SSSR count). The van der Waals surface area contributed by atoms with Gasteiger partial charge in [-0.05, 0) is 44.2 Å². The molecule has 0 atom stereocenters. The lowest BCUT2D eigenvalue weighted by atomic mass is 10.0. The molecule has 1 saturated heterocycles. The van der Waals surface area contributed by atoms with Crippen LogP contribution in [0.3, 0.4) is 0 Å². The lowest BCUT2D eigenvalue weighted by molar-refractivity contribution is -0.150. The van der Waals surface area contributed by atoms with Crippen molar-refractivity contribution >= 4 is 69.5 Å². The number of benzene rings is 1. The first-order valence-corrected chi connectivity index (χ1v) is 9.66. The summed E-state index contributed by atoms with van der Waals surface area (Å²) in [6.45, 7) is 2.86. The van der Waals surface area contributed by atoms with Gasteiger partial charge in [0, 0.05) is 11.6 Å². The standard InChI is InChI=1S/C18H13Cl2NO4S2/c1-18(2,16(23)24)21-15(22)14(27-17(21)26)8-10-4-6-13(25-10)9-3-5-11(19)12(20)7-9/h3-8H,1-2H3,(H,23,24)/b14-8+. The molecule has 0 bridgehead atoms. The molecule has 5 nitrogen and oxygen atoms in total. The van der Waals surface area contributed by atoms with Gasteiger partial charge in [-0.25, -0.2) is 4.79 Å². The summed E-state index contributed by atoms with van der Waals surface area (Å²) >= 11 is 18.2. The third kappa shape index (κ3) is 3.78.